The number of nitrogens with one attached hydrogen (secondary N) is 2. The molecule has 0 saturated heterocycles. The highest BCUT2D eigenvalue weighted by atomic mass is 79.9. The Bertz CT molecular complexity index is 524. The first kappa shape index (κ1) is 18.7. The summed E-state index contributed by atoms with van der Waals surface area (Å²) < 4.78 is 11.7. The number of hydrogen-bond acceptors (Lipinski definition) is 4. The minimum atomic E-state index is 0.515. The van der Waals surface area contributed by atoms with E-state index in [9.17, 15) is 0 Å². The predicted molar refractivity (Wildman–Crippen MR) is 98.1 cm³/mol. The third-order valence-electron chi connectivity index (χ3n) is 2.74. The lowest BCUT2D eigenvalue weighted by Crippen LogP contribution is -2.32. The maximum atomic E-state index is 5.55. The first-order valence-corrected chi connectivity index (χ1v) is 8.39. The number of halogens is 1. The molecule has 7 heteroatoms. The van der Waals surface area contributed by atoms with E-state index in [0.717, 1.165) is 29.4 Å². The molecule has 0 amide bonds. The Morgan fingerprint density at radius 2 is 2.18 bits per heavy atom. The molecule has 0 unspecified atom stereocenters. The summed E-state index contributed by atoms with van der Waals surface area (Å²) in [6.45, 7) is 5.48. The molecule has 0 aromatic heterocycles. The van der Waals surface area contributed by atoms with E-state index < -0.39 is 0 Å². The maximum Gasteiger partial charge on any atom is 0.186 e. The number of nitrogens with zero attached hydrogens (tertiary/aromatic N) is 1. The van der Waals surface area contributed by atoms with Crippen LogP contribution in [0.25, 0.3) is 0 Å². The summed E-state index contributed by atoms with van der Waals surface area (Å²) >= 11 is 8.60. The van der Waals surface area contributed by atoms with Crippen molar-refractivity contribution in [2.24, 2.45) is 5.10 Å². The minimum Gasteiger partial charge on any atom is -0.493 e. The van der Waals surface area contributed by atoms with Gasteiger partial charge < -0.3 is 14.8 Å². The van der Waals surface area contributed by atoms with Gasteiger partial charge in [0.25, 0.3) is 0 Å². The smallest absolute Gasteiger partial charge is 0.186 e. The number of ether oxygens (including phenoxy) is 2. The van der Waals surface area contributed by atoms with Crippen LogP contribution in [-0.2, 0) is 0 Å². The van der Waals surface area contributed by atoms with Crippen molar-refractivity contribution in [2.45, 2.75) is 26.7 Å². The number of hydrogen-bond donors (Lipinski definition) is 2. The average molecular weight is 388 g/mol. The van der Waals surface area contributed by atoms with E-state index in [4.69, 9.17) is 21.7 Å². The molecule has 0 aliphatic rings. The second-order valence-corrected chi connectivity index (χ2v) is 5.71. The van der Waals surface area contributed by atoms with Crippen molar-refractivity contribution in [3.8, 4) is 11.5 Å². The number of thiocarbonyl (C=S) groups is 1. The lowest BCUT2D eigenvalue weighted by atomic mass is 10.2. The van der Waals surface area contributed by atoms with Crippen LogP contribution in [0, 0.1) is 0 Å². The zero-order chi connectivity index (χ0) is 16.4. The van der Waals surface area contributed by atoms with Gasteiger partial charge in [0.2, 0.25) is 0 Å². The van der Waals surface area contributed by atoms with Gasteiger partial charge in [-0.2, -0.15) is 5.10 Å². The fourth-order valence-electron chi connectivity index (χ4n) is 1.68. The molecule has 1 aromatic carbocycles. The SMILES string of the molecule is CCCCNC(=S)N/N=C\c1cc(Br)c(OCC)c(OC)c1. The normalized spacial score (nSPS) is 10.5. The average Bonchev–Trinajstić information content (AvgIpc) is 2.50. The molecule has 5 nitrogen and oxygen atoms in total. The fraction of sp³-hybridized carbons (Fsp3) is 0.467. The first-order valence-electron chi connectivity index (χ1n) is 7.19. The van der Waals surface area contributed by atoms with Gasteiger partial charge in [0.1, 0.15) is 0 Å². The molecule has 0 bridgehead atoms. The minimum absolute atomic E-state index is 0.515. The largest absolute Gasteiger partial charge is 0.493 e. The Morgan fingerprint density at radius 3 is 2.82 bits per heavy atom. The standard InChI is InChI=1S/C15H22BrN3O2S/c1-4-6-7-17-15(22)19-18-10-11-8-12(16)14(21-5-2)13(9-11)20-3/h8-10H,4-7H2,1-3H3,(H2,17,19,22)/b18-10-. The number of rotatable bonds is 8. The Morgan fingerprint density at radius 1 is 1.41 bits per heavy atom. The quantitative estimate of drug-likeness (QED) is 0.309. The third-order valence-corrected chi connectivity index (χ3v) is 3.56. The van der Waals surface area contributed by atoms with Crippen LogP contribution in [-0.4, -0.2) is 31.6 Å². The van der Waals surface area contributed by atoms with Crippen LogP contribution in [0.4, 0.5) is 0 Å². The van der Waals surface area contributed by atoms with Crippen LogP contribution in [0.2, 0.25) is 0 Å². The molecule has 0 radical (unpaired) electrons. The van der Waals surface area contributed by atoms with Crippen molar-refractivity contribution in [1.29, 1.82) is 0 Å². The third kappa shape index (κ3) is 6.19. The molecular weight excluding hydrogens is 366 g/mol. The summed E-state index contributed by atoms with van der Waals surface area (Å²) in [5, 5.41) is 7.71. The number of unbranched alkanes of at least 4 members (excludes halogenated alkanes) is 1. The van der Waals surface area contributed by atoms with E-state index in [1.54, 1.807) is 13.3 Å². The predicted octanol–water partition coefficient (Wildman–Crippen LogP) is 3.45. The Hall–Kier alpha value is -1.34. The van der Waals surface area contributed by atoms with Crippen LogP contribution in [0.5, 0.6) is 11.5 Å². The molecule has 0 aliphatic heterocycles. The second kappa shape index (κ2) is 10.4. The van der Waals surface area contributed by atoms with Crippen LogP contribution in [0.3, 0.4) is 0 Å². The van der Waals surface area contributed by atoms with Gasteiger partial charge in [-0.05, 0) is 59.2 Å². The molecule has 1 aromatic rings. The molecule has 22 heavy (non-hydrogen) atoms. The molecular formula is C15H22BrN3O2S. The van der Waals surface area contributed by atoms with E-state index in [1.165, 1.54) is 0 Å². The summed E-state index contributed by atoms with van der Waals surface area (Å²) in [5.74, 6) is 1.34. The highest BCUT2D eigenvalue weighted by Gasteiger charge is 2.10. The first-order chi connectivity index (χ1) is 10.6. The molecule has 0 spiro atoms. The van der Waals surface area contributed by atoms with Crippen LogP contribution in [0.1, 0.15) is 32.3 Å². The lowest BCUT2D eigenvalue weighted by Gasteiger charge is -2.12. The number of benzene rings is 1. The molecule has 2 N–H and O–H groups in total. The Labute approximate surface area is 145 Å². The van der Waals surface area contributed by atoms with Gasteiger partial charge in [0.05, 0.1) is 24.4 Å². The van der Waals surface area contributed by atoms with Gasteiger partial charge in [-0.3, -0.25) is 5.43 Å². The summed E-state index contributed by atoms with van der Waals surface area (Å²) in [7, 11) is 1.61. The zero-order valence-electron chi connectivity index (χ0n) is 13.1. The number of methoxy groups -OCH3 is 1. The molecule has 1 rings (SSSR count). The summed E-state index contributed by atoms with van der Waals surface area (Å²) in [4.78, 5) is 0. The maximum absolute atomic E-state index is 5.55. The molecule has 0 atom stereocenters. The van der Waals surface area contributed by atoms with Gasteiger partial charge in [-0.25, -0.2) is 0 Å². The van der Waals surface area contributed by atoms with Crippen molar-refractivity contribution < 1.29 is 9.47 Å². The van der Waals surface area contributed by atoms with Crippen molar-refractivity contribution in [3.63, 3.8) is 0 Å². The van der Waals surface area contributed by atoms with Gasteiger partial charge >= 0.3 is 0 Å². The molecule has 0 fully saturated rings. The fourth-order valence-corrected chi connectivity index (χ4v) is 2.41. The Balaban J connectivity index is 2.67. The van der Waals surface area contributed by atoms with Crippen molar-refractivity contribution in [2.75, 3.05) is 20.3 Å². The number of hydrazone groups is 1. The summed E-state index contributed by atoms with van der Waals surface area (Å²) in [6.07, 6.45) is 3.88. The molecule has 0 heterocycles. The van der Waals surface area contributed by atoms with E-state index >= 15 is 0 Å². The summed E-state index contributed by atoms with van der Waals surface area (Å²) in [6, 6.07) is 3.76. The van der Waals surface area contributed by atoms with Crippen molar-refractivity contribution in [1.82, 2.24) is 10.7 Å². The van der Waals surface area contributed by atoms with Gasteiger partial charge in [-0.1, -0.05) is 13.3 Å². The molecule has 122 valence electrons. The van der Waals surface area contributed by atoms with Gasteiger partial charge in [0.15, 0.2) is 16.6 Å². The van der Waals surface area contributed by atoms with Gasteiger partial charge in [-0.15, -0.1) is 0 Å². The van der Waals surface area contributed by atoms with E-state index in [0.29, 0.717) is 23.2 Å². The summed E-state index contributed by atoms with van der Waals surface area (Å²) in [5.41, 5.74) is 3.66. The van der Waals surface area contributed by atoms with E-state index in [-0.39, 0.29) is 0 Å². The molecule has 0 saturated carbocycles. The van der Waals surface area contributed by atoms with Crippen LogP contribution < -0.4 is 20.2 Å². The van der Waals surface area contributed by atoms with Crippen LogP contribution in [0.15, 0.2) is 21.7 Å². The van der Waals surface area contributed by atoms with E-state index in [2.05, 4.69) is 38.7 Å². The second-order valence-electron chi connectivity index (χ2n) is 4.45. The monoisotopic (exact) mass is 387 g/mol. The van der Waals surface area contributed by atoms with Crippen molar-refractivity contribution >= 4 is 39.5 Å². The Kier molecular flexibility index (Phi) is 8.84. The highest BCUT2D eigenvalue weighted by Crippen LogP contribution is 2.36. The van der Waals surface area contributed by atoms with Crippen LogP contribution >= 0.6 is 28.1 Å². The molecule has 0 aliphatic carbocycles. The van der Waals surface area contributed by atoms with E-state index in [1.807, 2.05) is 19.1 Å². The highest BCUT2D eigenvalue weighted by molar-refractivity contribution is 9.10. The van der Waals surface area contributed by atoms with Crippen molar-refractivity contribution in [3.05, 3.63) is 22.2 Å². The van der Waals surface area contributed by atoms with Gasteiger partial charge in [0, 0.05) is 6.54 Å². The zero-order valence-corrected chi connectivity index (χ0v) is 15.5. The topological polar surface area (TPSA) is 54.9 Å². The lowest BCUT2D eigenvalue weighted by molar-refractivity contribution is 0.309.